The van der Waals surface area contributed by atoms with Crippen molar-refractivity contribution in [2.45, 2.75) is 0 Å². The van der Waals surface area contributed by atoms with Gasteiger partial charge in [0.05, 0.1) is 0 Å². The third-order valence-corrected chi connectivity index (χ3v) is 1.70. The molecule has 0 N–H and O–H groups in total. The molecule has 2 aromatic rings. The maximum absolute atomic E-state index is 11.9. The van der Waals surface area contributed by atoms with E-state index >= 15 is 0 Å². The summed E-state index contributed by atoms with van der Waals surface area (Å²) in [5.74, 6) is 0.182. The van der Waals surface area contributed by atoms with Gasteiger partial charge in [-0.2, -0.15) is 8.78 Å². The van der Waals surface area contributed by atoms with Crippen LogP contribution >= 0.6 is 0 Å². The number of rotatable bonds is 1. The van der Waals surface area contributed by atoms with Gasteiger partial charge in [-0.15, -0.1) is 0 Å². The molecule has 1 aromatic carbocycles. The number of fused-ring (bicyclic) bond motifs is 1. The van der Waals surface area contributed by atoms with Gasteiger partial charge < -0.3 is 4.42 Å². The summed E-state index contributed by atoms with van der Waals surface area (Å²) in [7, 11) is 0. The quantitative estimate of drug-likeness (QED) is 0.650. The second-order valence-corrected chi connectivity index (χ2v) is 2.62. The van der Waals surface area contributed by atoms with Gasteiger partial charge in [0.25, 0.3) is 6.08 Å². The topological polar surface area (TPSA) is 13.1 Å². The summed E-state index contributed by atoms with van der Waals surface area (Å²) in [4.78, 5) is 0. The van der Waals surface area contributed by atoms with Crippen LogP contribution < -0.4 is 0 Å². The van der Waals surface area contributed by atoms with Crippen LogP contribution in [-0.4, -0.2) is 0 Å². The zero-order chi connectivity index (χ0) is 9.26. The van der Waals surface area contributed by atoms with E-state index in [-0.39, 0.29) is 5.76 Å². The first-order valence-electron chi connectivity index (χ1n) is 3.77. The molecule has 0 saturated heterocycles. The van der Waals surface area contributed by atoms with Crippen molar-refractivity contribution in [3.63, 3.8) is 0 Å². The Bertz CT molecular complexity index is 420. The van der Waals surface area contributed by atoms with Gasteiger partial charge in [-0.05, 0) is 12.1 Å². The molecule has 0 atom stereocenters. The van der Waals surface area contributed by atoms with Crippen molar-refractivity contribution >= 4 is 17.0 Å². The fourth-order valence-corrected chi connectivity index (χ4v) is 1.18. The van der Waals surface area contributed by atoms with Crippen LogP contribution in [0.4, 0.5) is 8.78 Å². The van der Waals surface area contributed by atoms with Crippen molar-refractivity contribution in [2.24, 2.45) is 0 Å². The Labute approximate surface area is 73.3 Å². The molecule has 0 saturated carbocycles. The summed E-state index contributed by atoms with van der Waals surface area (Å²) in [5, 5.41) is 0.829. The molecular weight excluding hydrogens is 173 g/mol. The van der Waals surface area contributed by atoms with E-state index in [9.17, 15) is 8.78 Å². The molecule has 66 valence electrons. The van der Waals surface area contributed by atoms with Gasteiger partial charge in [0.2, 0.25) is 0 Å². The van der Waals surface area contributed by atoms with Gasteiger partial charge in [0, 0.05) is 11.5 Å². The number of hydrogen-bond acceptors (Lipinski definition) is 1. The van der Waals surface area contributed by atoms with E-state index < -0.39 is 6.08 Å². The molecule has 1 heterocycles. The minimum Gasteiger partial charge on any atom is -0.457 e. The first kappa shape index (κ1) is 7.98. The van der Waals surface area contributed by atoms with Crippen LogP contribution in [0.2, 0.25) is 0 Å². The molecule has 0 unspecified atom stereocenters. The Kier molecular flexibility index (Phi) is 1.85. The first-order valence-corrected chi connectivity index (χ1v) is 3.77. The number of para-hydroxylation sites is 1. The summed E-state index contributed by atoms with van der Waals surface area (Å²) in [6.45, 7) is 0. The van der Waals surface area contributed by atoms with Crippen LogP contribution in [0.1, 0.15) is 5.76 Å². The zero-order valence-electron chi connectivity index (χ0n) is 6.63. The maximum Gasteiger partial charge on any atom is 0.274 e. The molecule has 0 amide bonds. The summed E-state index contributed by atoms with van der Waals surface area (Å²) < 4.78 is 28.8. The summed E-state index contributed by atoms with van der Waals surface area (Å²) in [6.07, 6.45) is -1.04. The highest BCUT2D eigenvalue weighted by Crippen LogP contribution is 2.20. The maximum atomic E-state index is 11.9. The number of benzene rings is 1. The van der Waals surface area contributed by atoms with Crippen LogP contribution in [0.5, 0.6) is 0 Å². The minimum atomic E-state index is -1.75. The van der Waals surface area contributed by atoms with Crippen molar-refractivity contribution in [3.8, 4) is 0 Å². The summed E-state index contributed by atoms with van der Waals surface area (Å²) in [5.41, 5.74) is 0.620. The highest BCUT2D eigenvalue weighted by atomic mass is 19.2. The zero-order valence-corrected chi connectivity index (χ0v) is 6.63. The molecule has 0 aliphatic rings. The predicted molar refractivity (Wildman–Crippen MR) is 46.4 cm³/mol. The average molecular weight is 179 g/mol. The van der Waals surface area contributed by atoms with Crippen molar-refractivity contribution in [2.75, 3.05) is 0 Å². The van der Waals surface area contributed by atoms with Crippen LogP contribution in [0.25, 0.3) is 17.0 Å². The Hall–Kier alpha value is -1.64. The highest BCUT2D eigenvalue weighted by Gasteiger charge is 2.01. The van der Waals surface area contributed by atoms with E-state index in [2.05, 4.69) is 0 Å². The lowest BCUT2D eigenvalue weighted by Gasteiger charge is -1.82. The molecule has 0 bridgehead atoms. The van der Waals surface area contributed by atoms with Gasteiger partial charge in [0.15, 0.2) is 0 Å². The molecule has 13 heavy (non-hydrogen) atoms. The molecule has 2 rings (SSSR count). The Morgan fingerprint density at radius 2 is 2.00 bits per heavy atom. The number of furan rings is 1. The smallest absolute Gasteiger partial charge is 0.274 e. The SMILES string of the molecule is F/C([18F])=C\c1cc2ccccc2o1. The van der Waals surface area contributed by atoms with E-state index in [0.717, 1.165) is 5.39 Å². The predicted octanol–water partition coefficient (Wildman–Crippen LogP) is 3.67. The fourth-order valence-electron chi connectivity index (χ4n) is 1.18. The standard InChI is InChI=1S/C10H6F2O/c11-10(12)6-8-5-7-3-1-2-4-9(7)13-8/h1-6H/i11-1/b10-6-. The van der Waals surface area contributed by atoms with Gasteiger partial charge >= 0.3 is 0 Å². The van der Waals surface area contributed by atoms with Gasteiger partial charge in [-0.25, -0.2) is 0 Å². The molecule has 1 nitrogen and oxygen atoms in total. The molecule has 0 spiro atoms. The third-order valence-electron chi connectivity index (χ3n) is 1.70. The molecule has 1 aromatic heterocycles. The molecular formula is C10H6F2O. The summed E-state index contributed by atoms with van der Waals surface area (Å²) >= 11 is 0. The van der Waals surface area contributed by atoms with Gasteiger partial charge in [0.1, 0.15) is 11.3 Å². The normalized spacial score (nSPS) is 12.3. The molecule has 0 aliphatic carbocycles. The summed E-state index contributed by atoms with van der Waals surface area (Å²) in [6, 6.07) is 8.76. The Morgan fingerprint density at radius 1 is 1.23 bits per heavy atom. The van der Waals surface area contributed by atoms with Crippen molar-refractivity contribution < 1.29 is 13.2 Å². The largest absolute Gasteiger partial charge is 0.457 e. The van der Waals surface area contributed by atoms with E-state index in [4.69, 9.17) is 4.42 Å². The number of hydrogen-bond donors (Lipinski definition) is 0. The lowest BCUT2D eigenvalue weighted by Crippen LogP contribution is -1.60. The third kappa shape index (κ3) is 1.59. The van der Waals surface area contributed by atoms with E-state index in [1.54, 1.807) is 18.2 Å². The van der Waals surface area contributed by atoms with Crippen molar-refractivity contribution in [1.82, 2.24) is 0 Å². The van der Waals surface area contributed by atoms with Crippen LogP contribution in [-0.2, 0) is 0 Å². The average Bonchev–Trinajstić information content (AvgIpc) is 2.44. The minimum absolute atomic E-state index is 0.182. The second-order valence-electron chi connectivity index (χ2n) is 2.62. The molecule has 0 radical (unpaired) electrons. The van der Waals surface area contributed by atoms with E-state index in [1.807, 2.05) is 12.1 Å². The molecule has 3 heteroatoms. The van der Waals surface area contributed by atoms with E-state index in [1.165, 1.54) is 0 Å². The fraction of sp³-hybridized carbons (Fsp3) is 0. The van der Waals surface area contributed by atoms with Gasteiger partial charge in [-0.1, -0.05) is 18.2 Å². The number of halogens is 2. The van der Waals surface area contributed by atoms with Crippen molar-refractivity contribution in [1.29, 1.82) is 0 Å². The highest BCUT2D eigenvalue weighted by molar-refractivity contribution is 5.79. The molecule has 0 aliphatic heterocycles. The molecule has 0 fully saturated rings. The Morgan fingerprint density at radius 3 is 2.69 bits per heavy atom. The van der Waals surface area contributed by atoms with Gasteiger partial charge in [-0.3, -0.25) is 0 Å². The van der Waals surface area contributed by atoms with Crippen LogP contribution in [0, 0.1) is 0 Å². The lowest BCUT2D eigenvalue weighted by molar-refractivity contribution is 0.427. The van der Waals surface area contributed by atoms with E-state index in [0.29, 0.717) is 11.7 Å². The van der Waals surface area contributed by atoms with Crippen LogP contribution in [0.15, 0.2) is 40.8 Å². The monoisotopic (exact) mass is 179 g/mol. The first-order chi connectivity index (χ1) is 6.25. The van der Waals surface area contributed by atoms with Crippen molar-refractivity contribution in [3.05, 3.63) is 42.2 Å². The van der Waals surface area contributed by atoms with Crippen LogP contribution in [0.3, 0.4) is 0 Å². The Balaban J connectivity index is 2.56. The lowest BCUT2D eigenvalue weighted by atomic mass is 10.2. The second kappa shape index (κ2) is 3.01.